The minimum atomic E-state index is -3.68. The third-order valence-corrected chi connectivity index (χ3v) is 4.94. The van der Waals surface area contributed by atoms with Gasteiger partial charge in [0.15, 0.2) is 0 Å². The second-order valence-electron chi connectivity index (χ2n) is 5.62. The van der Waals surface area contributed by atoms with E-state index in [-0.39, 0.29) is 10.7 Å². The van der Waals surface area contributed by atoms with Crippen LogP contribution in [0.2, 0.25) is 0 Å². The highest BCUT2D eigenvalue weighted by molar-refractivity contribution is 7.89. The Morgan fingerprint density at radius 2 is 1.95 bits per heavy atom. The molecule has 21 heavy (non-hydrogen) atoms. The number of H-pyrrole nitrogens is 1. The van der Waals surface area contributed by atoms with E-state index in [2.05, 4.69) is 14.9 Å². The summed E-state index contributed by atoms with van der Waals surface area (Å²) in [5, 5.41) is 6.07. The Labute approximate surface area is 124 Å². The first kappa shape index (κ1) is 15.5. The molecule has 0 aliphatic carbocycles. The summed E-state index contributed by atoms with van der Waals surface area (Å²) in [6, 6.07) is 9.95. The van der Waals surface area contributed by atoms with Gasteiger partial charge in [0, 0.05) is 5.54 Å². The van der Waals surface area contributed by atoms with E-state index in [1.165, 1.54) is 11.8 Å². The topological polar surface area (TPSA) is 101 Å². The molecule has 2 rings (SSSR count). The van der Waals surface area contributed by atoms with E-state index in [4.69, 9.17) is 5.73 Å². The van der Waals surface area contributed by atoms with Crippen molar-refractivity contribution in [2.24, 2.45) is 0 Å². The molecule has 0 saturated heterocycles. The van der Waals surface area contributed by atoms with E-state index in [0.717, 1.165) is 6.42 Å². The molecular formula is C14H20N4O2S. The van der Waals surface area contributed by atoms with Crippen LogP contribution < -0.4 is 10.5 Å². The number of aromatic amines is 1. The SMILES string of the molecule is CC(C)(CCc1ccccc1)NS(=O)(=O)c1cn[nH]c1N. The molecule has 0 aliphatic rings. The number of hydrogen-bond acceptors (Lipinski definition) is 4. The van der Waals surface area contributed by atoms with Crippen molar-refractivity contribution in [2.45, 2.75) is 37.1 Å². The Hall–Kier alpha value is -1.86. The van der Waals surface area contributed by atoms with Crippen molar-refractivity contribution in [2.75, 3.05) is 5.73 Å². The van der Waals surface area contributed by atoms with Gasteiger partial charge in [0.25, 0.3) is 0 Å². The molecule has 0 aliphatic heterocycles. The lowest BCUT2D eigenvalue weighted by molar-refractivity contribution is 0.422. The number of nitrogen functional groups attached to an aromatic ring is 1. The van der Waals surface area contributed by atoms with Crippen LogP contribution in [0.25, 0.3) is 0 Å². The first-order valence-corrected chi connectivity index (χ1v) is 8.15. The maximum Gasteiger partial charge on any atom is 0.246 e. The monoisotopic (exact) mass is 308 g/mol. The largest absolute Gasteiger partial charge is 0.383 e. The van der Waals surface area contributed by atoms with Gasteiger partial charge in [0.2, 0.25) is 10.0 Å². The van der Waals surface area contributed by atoms with Crippen molar-refractivity contribution in [1.29, 1.82) is 0 Å². The molecule has 114 valence electrons. The zero-order valence-corrected chi connectivity index (χ0v) is 12.9. The Morgan fingerprint density at radius 3 is 2.52 bits per heavy atom. The van der Waals surface area contributed by atoms with Crippen LogP contribution in [-0.4, -0.2) is 24.2 Å². The van der Waals surface area contributed by atoms with Crippen LogP contribution in [0.1, 0.15) is 25.8 Å². The minimum absolute atomic E-state index is 0.0183. The molecule has 0 atom stereocenters. The fourth-order valence-electron chi connectivity index (χ4n) is 2.07. The number of nitrogens with zero attached hydrogens (tertiary/aromatic N) is 1. The molecule has 1 aromatic heterocycles. The Kier molecular flexibility index (Phi) is 4.34. The van der Waals surface area contributed by atoms with Gasteiger partial charge in [0.05, 0.1) is 6.20 Å². The van der Waals surface area contributed by atoms with Crippen LogP contribution in [0.3, 0.4) is 0 Å². The number of nitrogens with two attached hydrogens (primary N) is 1. The number of aromatic nitrogens is 2. The van der Waals surface area contributed by atoms with Crippen molar-refractivity contribution < 1.29 is 8.42 Å². The van der Waals surface area contributed by atoms with Gasteiger partial charge in [-0.05, 0) is 32.3 Å². The van der Waals surface area contributed by atoms with Gasteiger partial charge in [0.1, 0.15) is 10.7 Å². The molecule has 0 amide bonds. The molecule has 7 heteroatoms. The fraction of sp³-hybridized carbons (Fsp3) is 0.357. The maximum absolute atomic E-state index is 12.3. The number of hydrogen-bond donors (Lipinski definition) is 3. The molecule has 6 nitrogen and oxygen atoms in total. The Balaban J connectivity index is 2.05. The first-order chi connectivity index (χ1) is 9.80. The molecule has 2 aromatic rings. The highest BCUT2D eigenvalue weighted by Gasteiger charge is 2.28. The van der Waals surface area contributed by atoms with Gasteiger partial charge < -0.3 is 5.73 Å². The van der Waals surface area contributed by atoms with Crippen LogP contribution in [0, 0.1) is 0 Å². The lowest BCUT2D eigenvalue weighted by Gasteiger charge is -2.25. The van der Waals surface area contributed by atoms with Gasteiger partial charge in [-0.25, -0.2) is 13.1 Å². The summed E-state index contributed by atoms with van der Waals surface area (Å²) in [5.41, 5.74) is 6.16. The quantitative estimate of drug-likeness (QED) is 0.755. The summed E-state index contributed by atoms with van der Waals surface area (Å²) in [6.07, 6.45) is 2.68. The molecule has 0 spiro atoms. The molecule has 4 N–H and O–H groups in total. The summed E-state index contributed by atoms with van der Waals surface area (Å²) in [4.78, 5) is -0.0183. The van der Waals surface area contributed by atoms with Crippen LogP contribution >= 0.6 is 0 Å². The summed E-state index contributed by atoms with van der Waals surface area (Å²) < 4.78 is 27.3. The molecular weight excluding hydrogens is 288 g/mol. The Bertz CT molecular complexity index is 693. The van der Waals surface area contributed by atoms with E-state index in [1.54, 1.807) is 0 Å². The van der Waals surface area contributed by atoms with Crippen molar-refractivity contribution in [3.05, 3.63) is 42.1 Å². The summed E-state index contributed by atoms with van der Waals surface area (Å²) >= 11 is 0. The highest BCUT2D eigenvalue weighted by atomic mass is 32.2. The molecule has 1 heterocycles. The molecule has 0 bridgehead atoms. The summed E-state index contributed by atoms with van der Waals surface area (Å²) in [6.45, 7) is 3.70. The highest BCUT2D eigenvalue weighted by Crippen LogP contribution is 2.20. The van der Waals surface area contributed by atoms with Crippen LogP contribution in [0.5, 0.6) is 0 Å². The number of aryl methyl sites for hydroxylation is 1. The predicted molar refractivity (Wildman–Crippen MR) is 82.2 cm³/mol. The van der Waals surface area contributed by atoms with Gasteiger partial charge >= 0.3 is 0 Å². The standard InChI is InChI=1S/C14H20N4O2S/c1-14(2,9-8-11-6-4-3-5-7-11)18-21(19,20)12-10-16-17-13(12)15/h3-7,10,18H,8-9H2,1-2H3,(H3,15,16,17). The second kappa shape index (κ2) is 5.87. The van der Waals surface area contributed by atoms with Crippen LogP contribution in [0.15, 0.2) is 41.4 Å². The van der Waals surface area contributed by atoms with Crippen LogP contribution in [-0.2, 0) is 16.4 Å². The average molecular weight is 308 g/mol. The zero-order chi connectivity index (χ0) is 15.5. The van der Waals surface area contributed by atoms with E-state index < -0.39 is 15.6 Å². The lowest BCUT2D eigenvalue weighted by atomic mass is 9.97. The van der Waals surface area contributed by atoms with Gasteiger partial charge in [-0.1, -0.05) is 30.3 Å². The second-order valence-corrected chi connectivity index (χ2v) is 7.27. The van der Waals surface area contributed by atoms with Crippen molar-refractivity contribution in [3.8, 4) is 0 Å². The number of sulfonamides is 1. The molecule has 0 radical (unpaired) electrons. The molecule has 1 aromatic carbocycles. The van der Waals surface area contributed by atoms with E-state index in [9.17, 15) is 8.42 Å². The van der Waals surface area contributed by atoms with Gasteiger partial charge in [-0.2, -0.15) is 5.10 Å². The number of rotatable bonds is 6. The van der Waals surface area contributed by atoms with E-state index in [0.29, 0.717) is 6.42 Å². The maximum atomic E-state index is 12.3. The van der Waals surface area contributed by atoms with Crippen molar-refractivity contribution in [1.82, 2.24) is 14.9 Å². The zero-order valence-electron chi connectivity index (χ0n) is 12.1. The van der Waals surface area contributed by atoms with Gasteiger partial charge in [-0.15, -0.1) is 0 Å². The van der Waals surface area contributed by atoms with Crippen molar-refractivity contribution >= 4 is 15.8 Å². The smallest absolute Gasteiger partial charge is 0.246 e. The first-order valence-electron chi connectivity index (χ1n) is 6.67. The number of nitrogens with one attached hydrogen (secondary N) is 2. The third-order valence-electron chi connectivity index (χ3n) is 3.21. The summed E-state index contributed by atoms with van der Waals surface area (Å²) in [5.74, 6) is 0.0429. The van der Waals surface area contributed by atoms with Crippen LogP contribution in [0.4, 0.5) is 5.82 Å². The molecule has 0 unspecified atom stereocenters. The normalized spacial score (nSPS) is 12.5. The van der Waals surface area contributed by atoms with E-state index in [1.807, 2.05) is 44.2 Å². The predicted octanol–water partition coefficient (Wildman–Crippen LogP) is 1.68. The van der Waals surface area contributed by atoms with Crippen molar-refractivity contribution in [3.63, 3.8) is 0 Å². The van der Waals surface area contributed by atoms with E-state index >= 15 is 0 Å². The van der Waals surface area contributed by atoms with Gasteiger partial charge in [-0.3, -0.25) is 5.10 Å². The summed E-state index contributed by atoms with van der Waals surface area (Å²) in [7, 11) is -3.68. The fourth-order valence-corrected chi connectivity index (χ4v) is 3.54. The minimum Gasteiger partial charge on any atom is -0.383 e. The number of benzene rings is 1. The molecule has 0 saturated carbocycles. The molecule has 0 fully saturated rings. The third kappa shape index (κ3) is 4.05. The average Bonchev–Trinajstić information content (AvgIpc) is 2.84. The Morgan fingerprint density at radius 1 is 1.29 bits per heavy atom. The lowest BCUT2D eigenvalue weighted by Crippen LogP contribution is -2.43. The number of anilines is 1.